The van der Waals surface area contributed by atoms with Crippen LogP contribution in [-0.4, -0.2) is 27.8 Å². The Bertz CT molecular complexity index is 582. The third-order valence-corrected chi connectivity index (χ3v) is 3.27. The van der Waals surface area contributed by atoms with Crippen molar-refractivity contribution in [2.45, 2.75) is 6.54 Å². The molecular weight excluding hydrogens is 355 g/mol. The minimum atomic E-state index is -0.133. The number of anilines is 1. The normalized spacial score (nSPS) is 10.3. The van der Waals surface area contributed by atoms with Crippen LogP contribution in [0.1, 0.15) is 5.56 Å². The summed E-state index contributed by atoms with van der Waals surface area (Å²) < 4.78 is 2.81. The fourth-order valence-corrected chi connectivity index (χ4v) is 2.23. The number of hydrogen-bond acceptors (Lipinski definition) is 2. The second-order valence-corrected chi connectivity index (χ2v) is 5.56. The van der Waals surface area contributed by atoms with Crippen LogP contribution in [0.25, 0.3) is 0 Å². The van der Waals surface area contributed by atoms with Gasteiger partial charge in [0.05, 0.1) is 12.7 Å². The number of nitrogens with zero attached hydrogens (tertiary/aromatic N) is 3. The van der Waals surface area contributed by atoms with Gasteiger partial charge in [0, 0.05) is 35.1 Å². The van der Waals surface area contributed by atoms with Gasteiger partial charge in [-0.05, 0) is 40.8 Å². The van der Waals surface area contributed by atoms with Gasteiger partial charge in [0.15, 0.2) is 0 Å². The van der Waals surface area contributed by atoms with Crippen LogP contribution in [0.15, 0.2) is 36.7 Å². The van der Waals surface area contributed by atoms with Crippen molar-refractivity contribution in [1.82, 2.24) is 14.7 Å². The molecule has 0 aliphatic heterocycles. The Hall–Kier alpha value is -1.57. The maximum absolute atomic E-state index is 12.0. The van der Waals surface area contributed by atoms with Crippen LogP contribution in [0.2, 0.25) is 0 Å². The topological polar surface area (TPSA) is 50.2 Å². The van der Waals surface area contributed by atoms with Gasteiger partial charge in [0.2, 0.25) is 0 Å². The molecule has 0 aliphatic carbocycles. The number of aryl methyl sites for hydroxylation is 1. The fourth-order valence-electron chi connectivity index (χ4n) is 1.68. The molecule has 0 fully saturated rings. The molecule has 1 N–H and O–H groups in total. The van der Waals surface area contributed by atoms with E-state index >= 15 is 0 Å². The van der Waals surface area contributed by atoms with E-state index in [2.05, 4.69) is 33.0 Å². The number of rotatable bonds is 3. The molecule has 19 heavy (non-hydrogen) atoms. The van der Waals surface area contributed by atoms with E-state index < -0.39 is 0 Å². The molecule has 0 aliphatic rings. The first-order valence-corrected chi connectivity index (χ1v) is 6.87. The maximum Gasteiger partial charge on any atom is 0.321 e. The molecule has 0 unspecified atom stereocenters. The monoisotopic (exact) mass is 370 g/mol. The molecule has 6 heteroatoms. The van der Waals surface area contributed by atoms with Gasteiger partial charge >= 0.3 is 6.03 Å². The van der Waals surface area contributed by atoms with Gasteiger partial charge in [-0.2, -0.15) is 5.10 Å². The fraction of sp³-hybridized carbons (Fsp3) is 0.231. The summed E-state index contributed by atoms with van der Waals surface area (Å²) >= 11 is 2.21. The minimum Gasteiger partial charge on any atom is -0.323 e. The Labute approximate surface area is 125 Å². The van der Waals surface area contributed by atoms with E-state index in [-0.39, 0.29) is 6.03 Å². The first kappa shape index (κ1) is 13.9. The van der Waals surface area contributed by atoms with Crippen LogP contribution in [0.5, 0.6) is 0 Å². The lowest BCUT2D eigenvalue weighted by Crippen LogP contribution is -2.30. The van der Waals surface area contributed by atoms with Crippen LogP contribution in [-0.2, 0) is 13.6 Å². The van der Waals surface area contributed by atoms with Gasteiger partial charge in [-0.15, -0.1) is 0 Å². The minimum absolute atomic E-state index is 0.133. The molecule has 5 nitrogen and oxygen atoms in total. The molecule has 0 radical (unpaired) electrons. The Balaban J connectivity index is 1.96. The average molecular weight is 370 g/mol. The molecular formula is C13H15IN4O. The molecule has 2 amide bonds. The number of nitrogens with one attached hydrogen (secondary N) is 1. The van der Waals surface area contributed by atoms with Gasteiger partial charge < -0.3 is 10.2 Å². The number of urea groups is 1. The van der Waals surface area contributed by atoms with Crippen LogP contribution < -0.4 is 5.32 Å². The number of carbonyl (C=O) groups is 1. The number of halogens is 1. The average Bonchev–Trinajstić information content (AvgIpc) is 2.74. The van der Waals surface area contributed by atoms with Crippen molar-refractivity contribution in [2.24, 2.45) is 7.05 Å². The van der Waals surface area contributed by atoms with E-state index in [9.17, 15) is 4.79 Å². The summed E-state index contributed by atoms with van der Waals surface area (Å²) in [6, 6.07) is 7.56. The van der Waals surface area contributed by atoms with Gasteiger partial charge in [0.1, 0.15) is 0 Å². The van der Waals surface area contributed by atoms with Crippen molar-refractivity contribution in [3.8, 4) is 0 Å². The summed E-state index contributed by atoms with van der Waals surface area (Å²) in [6.45, 7) is 0.531. The molecule has 0 bridgehead atoms. The predicted molar refractivity (Wildman–Crippen MR) is 82.9 cm³/mol. The van der Waals surface area contributed by atoms with E-state index in [4.69, 9.17) is 0 Å². The summed E-state index contributed by atoms with van der Waals surface area (Å²) in [5, 5.41) is 6.95. The summed E-state index contributed by atoms with van der Waals surface area (Å²) in [7, 11) is 3.62. The van der Waals surface area contributed by atoms with Crippen molar-refractivity contribution in [3.63, 3.8) is 0 Å². The van der Waals surface area contributed by atoms with E-state index in [1.807, 2.05) is 37.5 Å². The van der Waals surface area contributed by atoms with E-state index in [1.54, 1.807) is 22.8 Å². The smallest absolute Gasteiger partial charge is 0.321 e. The zero-order valence-electron chi connectivity index (χ0n) is 10.8. The van der Waals surface area contributed by atoms with Crippen molar-refractivity contribution < 1.29 is 4.79 Å². The first-order chi connectivity index (χ1) is 9.04. The molecule has 0 spiro atoms. The summed E-state index contributed by atoms with van der Waals surface area (Å²) in [5.74, 6) is 0. The predicted octanol–water partition coefficient (Wildman–Crippen LogP) is 2.69. The van der Waals surface area contributed by atoms with Gasteiger partial charge in [-0.1, -0.05) is 6.07 Å². The van der Waals surface area contributed by atoms with Crippen molar-refractivity contribution >= 4 is 34.3 Å². The number of hydrogen-bond donors (Lipinski definition) is 1. The zero-order valence-corrected chi connectivity index (χ0v) is 13.0. The third kappa shape index (κ3) is 3.95. The Morgan fingerprint density at radius 1 is 1.53 bits per heavy atom. The van der Waals surface area contributed by atoms with Gasteiger partial charge in [0.25, 0.3) is 0 Å². The van der Waals surface area contributed by atoms with E-state index in [1.165, 1.54) is 0 Å². The molecule has 0 saturated heterocycles. The molecule has 2 rings (SSSR count). The Kier molecular flexibility index (Phi) is 4.41. The number of amides is 2. The lowest BCUT2D eigenvalue weighted by atomic mass is 10.3. The lowest BCUT2D eigenvalue weighted by Gasteiger charge is -2.17. The van der Waals surface area contributed by atoms with E-state index in [0.717, 1.165) is 14.8 Å². The highest BCUT2D eigenvalue weighted by molar-refractivity contribution is 14.1. The van der Waals surface area contributed by atoms with Crippen LogP contribution in [0.3, 0.4) is 0 Å². The number of aromatic nitrogens is 2. The largest absolute Gasteiger partial charge is 0.323 e. The maximum atomic E-state index is 12.0. The summed E-state index contributed by atoms with van der Waals surface area (Å²) in [6.07, 6.45) is 3.66. The molecule has 1 aromatic carbocycles. The number of carbonyl (C=O) groups excluding carboxylic acids is 1. The van der Waals surface area contributed by atoms with Crippen molar-refractivity contribution in [1.29, 1.82) is 0 Å². The lowest BCUT2D eigenvalue weighted by molar-refractivity contribution is 0.220. The highest BCUT2D eigenvalue weighted by atomic mass is 127. The second kappa shape index (κ2) is 6.05. The van der Waals surface area contributed by atoms with Crippen LogP contribution >= 0.6 is 22.6 Å². The highest BCUT2D eigenvalue weighted by Gasteiger charge is 2.10. The van der Waals surface area contributed by atoms with Crippen LogP contribution in [0.4, 0.5) is 10.5 Å². The summed E-state index contributed by atoms with van der Waals surface area (Å²) in [4.78, 5) is 13.6. The molecule has 0 saturated carbocycles. The zero-order chi connectivity index (χ0) is 13.8. The molecule has 1 heterocycles. The second-order valence-electron chi connectivity index (χ2n) is 4.32. The third-order valence-electron chi connectivity index (χ3n) is 2.60. The Morgan fingerprint density at radius 3 is 2.95 bits per heavy atom. The standard InChI is InChI=1S/C13H15IN4O/c1-17(8-10-7-15-18(2)9-10)13(19)16-12-5-3-4-11(14)6-12/h3-7,9H,8H2,1-2H3,(H,16,19). The van der Waals surface area contributed by atoms with Crippen LogP contribution in [0, 0.1) is 3.57 Å². The quantitative estimate of drug-likeness (QED) is 0.845. The summed E-state index contributed by atoms with van der Waals surface area (Å²) in [5.41, 5.74) is 1.80. The van der Waals surface area contributed by atoms with Crippen molar-refractivity contribution in [3.05, 3.63) is 45.8 Å². The SMILES string of the molecule is CN(Cc1cnn(C)c1)C(=O)Nc1cccc(I)c1. The van der Waals surface area contributed by atoms with Gasteiger partial charge in [-0.25, -0.2) is 4.79 Å². The van der Waals surface area contributed by atoms with Gasteiger partial charge in [-0.3, -0.25) is 4.68 Å². The van der Waals surface area contributed by atoms with E-state index in [0.29, 0.717) is 6.54 Å². The molecule has 100 valence electrons. The van der Waals surface area contributed by atoms with Crippen molar-refractivity contribution in [2.75, 3.05) is 12.4 Å². The molecule has 2 aromatic rings. The molecule has 1 aromatic heterocycles. The Morgan fingerprint density at radius 2 is 2.32 bits per heavy atom. The first-order valence-electron chi connectivity index (χ1n) is 5.80. The molecule has 0 atom stereocenters. The highest BCUT2D eigenvalue weighted by Crippen LogP contribution is 2.13. The number of benzene rings is 1.